The van der Waals surface area contributed by atoms with E-state index in [4.69, 9.17) is 0 Å². The fourth-order valence-corrected chi connectivity index (χ4v) is 1.04. The van der Waals surface area contributed by atoms with Crippen molar-refractivity contribution in [3.05, 3.63) is 36.0 Å². The third-order valence-electron chi connectivity index (χ3n) is 1.73. The Kier molecular flexibility index (Phi) is 3.23. The molecule has 0 unspecified atom stereocenters. The minimum Gasteiger partial charge on any atom is -0.196 e. The molecule has 0 saturated heterocycles. The zero-order valence-corrected chi connectivity index (χ0v) is 7.97. The van der Waals surface area contributed by atoms with Gasteiger partial charge in [0.05, 0.1) is 0 Å². The van der Waals surface area contributed by atoms with Crippen molar-refractivity contribution in [3.8, 4) is 11.3 Å². The van der Waals surface area contributed by atoms with Crippen LogP contribution in [0, 0.1) is 6.92 Å². The number of hydrogen-bond donors (Lipinski definition) is 0. The van der Waals surface area contributed by atoms with Gasteiger partial charge in [-0.25, -0.2) is 0 Å². The van der Waals surface area contributed by atoms with E-state index in [0.29, 0.717) is 0 Å². The fraction of sp³-hybridized carbons (Fsp3) is 0.111. The average Bonchev–Trinajstić information content (AvgIpc) is 2.58. The van der Waals surface area contributed by atoms with Crippen LogP contribution in [-0.2, 0) is 17.1 Å². The number of hydrogen-bond acceptors (Lipinski definition) is 3. The van der Waals surface area contributed by atoms with Crippen LogP contribution in [0.1, 0.15) is 5.56 Å². The standard InChI is InChI=1S/C9H8N3.Cu/c1-7-2-4-8(5-3-7)9-6-10-12-11-9;/h2-6H,1H3;/q-1;+1. The van der Waals surface area contributed by atoms with Crippen LogP contribution in [0.15, 0.2) is 30.5 Å². The van der Waals surface area contributed by atoms with Gasteiger partial charge in [-0.3, -0.25) is 0 Å². The Morgan fingerprint density at radius 1 is 1.15 bits per heavy atom. The smallest absolute Gasteiger partial charge is 0.196 e. The monoisotopic (exact) mass is 221 g/mol. The molecule has 0 N–H and O–H groups in total. The van der Waals surface area contributed by atoms with Gasteiger partial charge in [0.25, 0.3) is 0 Å². The van der Waals surface area contributed by atoms with E-state index >= 15 is 0 Å². The van der Waals surface area contributed by atoms with Gasteiger partial charge in [-0.15, -0.1) is 12.1 Å². The van der Waals surface area contributed by atoms with Crippen molar-refractivity contribution < 1.29 is 17.1 Å². The maximum Gasteiger partial charge on any atom is 1.00 e. The van der Waals surface area contributed by atoms with Gasteiger partial charge < -0.3 is 0 Å². The summed E-state index contributed by atoms with van der Waals surface area (Å²) in [6.07, 6.45) is 1.66. The van der Waals surface area contributed by atoms with Gasteiger partial charge in [0.15, 0.2) is 0 Å². The Morgan fingerprint density at radius 3 is 2.38 bits per heavy atom. The third-order valence-corrected chi connectivity index (χ3v) is 1.73. The van der Waals surface area contributed by atoms with E-state index in [9.17, 15) is 0 Å². The van der Waals surface area contributed by atoms with Gasteiger partial charge in [-0.1, -0.05) is 10.8 Å². The van der Waals surface area contributed by atoms with E-state index < -0.39 is 0 Å². The molecule has 0 saturated carbocycles. The molecule has 1 aromatic heterocycles. The SMILES string of the molecule is Cc1ccc(-[c-]2cnnn2)cc1.[Cu+]. The summed E-state index contributed by atoms with van der Waals surface area (Å²) in [4.78, 5) is 0. The first-order valence-electron chi connectivity index (χ1n) is 3.74. The number of nitrogens with zero attached hydrogens (tertiary/aromatic N) is 3. The second-order valence-electron chi connectivity index (χ2n) is 2.69. The van der Waals surface area contributed by atoms with Crippen LogP contribution < -0.4 is 0 Å². The summed E-state index contributed by atoms with van der Waals surface area (Å²) >= 11 is 0. The van der Waals surface area contributed by atoms with Crippen LogP contribution in [0.4, 0.5) is 0 Å². The van der Waals surface area contributed by atoms with Gasteiger partial charge in [0.2, 0.25) is 0 Å². The van der Waals surface area contributed by atoms with Crippen LogP contribution >= 0.6 is 0 Å². The predicted molar refractivity (Wildman–Crippen MR) is 45.6 cm³/mol. The Balaban J connectivity index is 0.000000845. The van der Waals surface area contributed by atoms with Gasteiger partial charge in [0.1, 0.15) is 0 Å². The van der Waals surface area contributed by atoms with E-state index in [0.717, 1.165) is 11.3 Å². The zero-order chi connectivity index (χ0) is 8.39. The number of rotatable bonds is 1. The quantitative estimate of drug-likeness (QED) is 0.542. The summed E-state index contributed by atoms with van der Waals surface area (Å²) in [5, 5.41) is 11.0. The summed E-state index contributed by atoms with van der Waals surface area (Å²) in [7, 11) is 0. The first kappa shape index (κ1) is 9.96. The predicted octanol–water partition coefficient (Wildman–Crippen LogP) is 1.56. The molecular formula is C9H8CuN3. The molecule has 4 heteroatoms. The van der Waals surface area contributed by atoms with Gasteiger partial charge in [-0.05, 0) is 6.92 Å². The van der Waals surface area contributed by atoms with E-state index in [-0.39, 0.29) is 17.1 Å². The summed E-state index contributed by atoms with van der Waals surface area (Å²) < 4.78 is 0. The van der Waals surface area contributed by atoms with Crippen molar-refractivity contribution >= 4 is 0 Å². The van der Waals surface area contributed by atoms with Crippen LogP contribution in [-0.4, -0.2) is 15.4 Å². The van der Waals surface area contributed by atoms with Gasteiger partial charge in [0, 0.05) is 11.9 Å². The first-order valence-corrected chi connectivity index (χ1v) is 3.74. The molecule has 0 aliphatic carbocycles. The van der Waals surface area contributed by atoms with Gasteiger partial charge in [-0.2, -0.15) is 27.9 Å². The molecule has 3 nitrogen and oxygen atoms in total. The molecule has 0 atom stereocenters. The molecule has 1 aromatic carbocycles. The molecule has 2 aromatic rings. The topological polar surface area (TPSA) is 38.7 Å². The molecule has 70 valence electrons. The Morgan fingerprint density at radius 2 is 1.85 bits per heavy atom. The molecule has 0 bridgehead atoms. The van der Waals surface area contributed by atoms with Crippen molar-refractivity contribution in [1.82, 2.24) is 15.4 Å². The maximum atomic E-state index is 3.86. The summed E-state index contributed by atoms with van der Waals surface area (Å²) in [6, 6.07) is 8.12. The second kappa shape index (κ2) is 4.21. The largest absolute Gasteiger partial charge is 1.00 e. The molecule has 0 amide bonds. The Labute approximate surface area is 87.0 Å². The summed E-state index contributed by atoms with van der Waals surface area (Å²) in [5.41, 5.74) is 3.13. The van der Waals surface area contributed by atoms with Crippen LogP contribution in [0.5, 0.6) is 0 Å². The van der Waals surface area contributed by atoms with Crippen molar-refractivity contribution in [2.45, 2.75) is 6.92 Å². The number of aryl methyl sites for hydroxylation is 1. The van der Waals surface area contributed by atoms with Gasteiger partial charge >= 0.3 is 17.1 Å². The zero-order valence-electron chi connectivity index (χ0n) is 7.03. The van der Waals surface area contributed by atoms with E-state index in [1.165, 1.54) is 5.56 Å². The van der Waals surface area contributed by atoms with Crippen LogP contribution in [0.25, 0.3) is 11.3 Å². The van der Waals surface area contributed by atoms with Crippen molar-refractivity contribution in [2.75, 3.05) is 0 Å². The van der Waals surface area contributed by atoms with E-state index in [1.54, 1.807) is 6.20 Å². The van der Waals surface area contributed by atoms with Crippen molar-refractivity contribution in [1.29, 1.82) is 0 Å². The third kappa shape index (κ3) is 2.17. The van der Waals surface area contributed by atoms with E-state index in [2.05, 4.69) is 22.3 Å². The normalized spacial score (nSPS) is 9.31. The number of benzene rings is 1. The fourth-order valence-electron chi connectivity index (χ4n) is 1.04. The van der Waals surface area contributed by atoms with Crippen LogP contribution in [0.2, 0.25) is 0 Å². The summed E-state index contributed by atoms with van der Waals surface area (Å²) in [5.74, 6) is 0. The molecule has 0 radical (unpaired) electrons. The minimum absolute atomic E-state index is 0. The van der Waals surface area contributed by atoms with Crippen molar-refractivity contribution in [2.24, 2.45) is 0 Å². The summed E-state index contributed by atoms with van der Waals surface area (Å²) in [6.45, 7) is 2.05. The van der Waals surface area contributed by atoms with E-state index in [1.807, 2.05) is 24.3 Å². The molecule has 2 rings (SSSR count). The number of aromatic nitrogens is 3. The van der Waals surface area contributed by atoms with Crippen LogP contribution in [0.3, 0.4) is 0 Å². The molecule has 0 aliphatic rings. The molecule has 1 heterocycles. The minimum atomic E-state index is 0. The molecule has 0 fully saturated rings. The molecule has 13 heavy (non-hydrogen) atoms. The average molecular weight is 222 g/mol. The molecule has 0 aliphatic heterocycles. The first-order chi connectivity index (χ1) is 5.86. The Bertz CT molecular complexity index is 353. The maximum absolute atomic E-state index is 3.86. The van der Waals surface area contributed by atoms with Crippen molar-refractivity contribution in [3.63, 3.8) is 0 Å². The molecule has 0 spiro atoms. The Hall–Kier alpha value is -1.12. The molecular weight excluding hydrogens is 214 g/mol. The second-order valence-corrected chi connectivity index (χ2v) is 2.69.